The monoisotopic (exact) mass is 265 g/mol. The summed E-state index contributed by atoms with van der Waals surface area (Å²) in [5, 5.41) is 3.32. The number of nitrogens with zero attached hydrogens (tertiary/aromatic N) is 2. The third-order valence-corrected chi connectivity index (χ3v) is 3.58. The van der Waals surface area contributed by atoms with E-state index in [0.717, 1.165) is 19.4 Å². The molecule has 1 unspecified atom stereocenters. The van der Waals surface area contributed by atoms with Crippen molar-refractivity contribution < 1.29 is 4.39 Å². The number of pyridine rings is 1. The molecule has 0 aromatic carbocycles. The molecule has 1 N–H and O–H groups in total. The second-order valence-electron chi connectivity index (χ2n) is 6.40. The van der Waals surface area contributed by atoms with Gasteiger partial charge in [-0.05, 0) is 46.6 Å². The molecule has 0 aliphatic carbocycles. The molecule has 1 aliphatic heterocycles. The lowest BCUT2D eigenvalue weighted by atomic mass is 10.1. The fourth-order valence-electron chi connectivity index (χ4n) is 2.42. The first-order valence-corrected chi connectivity index (χ1v) is 7.03. The Bertz CT molecular complexity index is 440. The van der Waals surface area contributed by atoms with Crippen LogP contribution in [0.1, 0.15) is 46.1 Å². The van der Waals surface area contributed by atoms with Crippen molar-refractivity contribution in [2.24, 2.45) is 0 Å². The van der Waals surface area contributed by atoms with E-state index in [-0.39, 0.29) is 11.4 Å². The van der Waals surface area contributed by atoms with E-state index in [4.69, 9.17) is 0 Å². The van der Waals surface area contributed by atoms with E-state index in [1.165, 1.54) is 0 Å². The van der Waals surface area contributed by atoms with Crippen LogP contribution in [0.2, 0.25) is 0 Å². The topological polar surface area (TPSA) is 28.2 Å². The van der Waals surface area contributed by atoms with Crippen LogP contribution < -0.4 is 10.2 Å². The molecule has 0 saturated carbocycles. The number of aromatic nitrogens is 1. The van der Waals surface area contributed by atoms with Gasteiger partial charge in [0.15, 0.2) is 11.6 Å². The molecule has 2 heterocycles. The van der Waals surface area contributed by atoms with Gasteiger partial charge < -0.3 is 10.2 Å². The van der Waals surface area contributed by atoms with Crippen molar-refractivity contribution in [3.63, 3.8) is 0 Å². The number of nitrogens with one attached hydrogen (secondary N) is 1. The summed E-state index contributed by atoms with van der Waals surface area (Å²) in [6.45, 7) is 9.81. The van der Waals surface area contributed by atoms with Crippen molar-refractivity contribution in [2.45, 2.75) is 58.7 Å². The van der Waals surface area contributed by atoms with E-state index in [9.17, 15) is 4.39 Å². The summed E-state index contributed by atoms with van der Waals surface area (Å²) in [4.78, 5) is 6.32. The van der Waals surface area contributed by atoms with Crippen molar-refractivity contribution >= 4 is 5.82 Å². The van der Waals surface area contributed by atoms with Crippen LogP contribution in [0.5, 0.6) is 0 Å². The fourth-order valence-corrected chi connectivity index (χ4v) is 2.42. The first-order chi connectivity index (χ1) is 8.88. The Morgan fingerprint density at radius 3 is 2.79 bits per heavy atom. The molecule has 19 heavy (non-hydrogen) atoms. The van der Waals surface area contributed by atoms with Crippen LogP contribution in [0.25, 0.3) is 0 Å². The quantitative estimate of drug-likeness (QED) is 0.910. The highest BCUT2D eigenvalue weighted by molar-refractivity contribution is 5.45. The lowest BCUT2D eigenvalue weighted by molar-refractivity contribution is 0.418. The Kier molecular flexibility index (Phi) is 4.09. The maximum atomic E-state index is 14.5. The molecular formula is C15H24FN3. The highest BCUT2D eigenvalue weighted by atomic mass is 19.1. The van der Waals surface area contributed by atoms with Crippen LogP contribution in [0.15, 0.2) is 12.3 Å². The molecule has 1 aliphatic rings. The van der Waals surface area contributed by atoms with E-state index in [1.54, 1.807) is 12.3 Å². The van der Waals surface area contributed by atoms with Gasteiger partial charge in [-0.2, -0.15) is 0 Å². The lowest BCUT2D eigenvalue weighted by Gasteiger charge is -2.25. The van der Waals surface area contributed by atoms with Gasteiger partial charge in [0.1, 0.15) is 0 Å². The smallest absolute Gasteiger partial charge is 0.170 e. The van der Waals surface area contributed by atoms with Crippen LogP contribution in [-0.2, 0) is 6.54 Å². The van der Waals surface area contributed by atoms with Gasteiger partial charge in [-0.3, -0.25) is 0 Å². The van der Waals surface area contributed by atoms with Gasteiger partial charge in [-0.15, -0.1) is 0 Å². The van der Waals surface area contributed by atoms with Gasteiger partial charge in [0.05, 0.1) is 0 Å². The second kappa shape index (κ2) is 5.45. The fraction of sp³-hybridized carbons (Fsp3) is 0.667. The Hall–Kier alpha value is -1.16. The van der Waals surface area contributed by atoms with Crippen LogP contribution in [0.4, 0.5) is 10.2 Å². The largest absolute Gasteiger partial charge is 0.351 e. The molecule has 1 aromatic heterocycles. The zero-order valence-electron chi connectivity index (χ0n) is 12.3. The van der Waals surface area contributed by atoms with Gasteiger partial charge in [0.25, 0.3) is 0 Å². The highest BCUT2D eigenvalue weighted by Crippen LogP contribution is 2.27. The minimum absolute atomic E-state index is 0.0171. The average molecular weight is 265 g/mol. The number of hydrogen-bond acceptors (Lipinski definition) is 3. The minimum Gasteiger partial charge on any atom is -0.351 e. The average Bonchev–Trinajstić information content (AvgIpc) is 2.73. The number of rotatable bonds is 3. The van der Waals surface area contributed by atoms with Crippen molar-refractivity contribution in [1.29, 1.82) is 0 Å². The molecule has 1 saturated heterocycles. The number of anilines is 1. The summed E-state index contributed by atoms with van der Waals surface area (Å²) < 4.78 is 14.5. The highest BCUT2D eigenvalue weighted by Gasteiger charge is 2.25. The predicted molar refractivity (Wildman–Crippen MR) is 76.8 cm³/mol. The van der Waals surface area contributed by atoms with E-state index < -0.39 is 0 Å². The molecule has 2 rings (SSSR count). The van der Waals surface area contributed by atoms with Gasteiger partial charge in [-0.1, -0.05) is 0 Å². The molecule has 4 heteroatoms. The third kappa shape index (κ3) is 3.44. The van der Waals surface area contributed by atoms with E-state index in [2.05, 4.69) is 42.9 Å². The predicted octanol–water partition coefficient (Wildman–Crippen LogP) is 3.10. The van der Waals surface area contributed by atoms with E-state index in [0.29, 0.717) is 24.0 Å². The number of hydrogen-bond donors (Lipinski definition) is 1. The Labute approximate surface area is 115 Å². The van der Waals surface area contributed by atoms with Gasteiger partial charge >= 0.3 is 0 Å². The summed E-state index contributed by atoms with van der Waals surface area (Å²) in [5.74, 6) is 0.339. The summed E-state index contributed by atoms with van der Waals surface area (Å²) in [6, 6.07) is 2.14. The molecule has 1 aromatic rings. The zero-order chi connectivity index (χ0) is 14.0. The molecule has 0 bridgehead atoms. The molecule has 0 spiro atoms. The molecule has 1 atom stereocenters. The zero-order valence-corrected chi connectivity index (χ0v) is 12.3. The van der Waals surface area contributed by atoms with Crippen LogP contribution in [0.3, 0.4) is 0 Å². The Morgan fingerprint density at radius 2 is 2.21 bits per heavy atom. The van der Waals surface area contributed by atoms with Crippen molar-refractivity contribution in [3.8, 4) is 0 Å². The lowest BCUT2D eigenvalue weighted by Crippen LogP contribution is -2.35. The Balaban J connectivity index is 2.18. The summed E-state index contributed by atoms with van der Waals surface area (Å²) >= 11 is 0. The maximum absolute atomic E-state index is 14.5. The van der Waals surface area contributed by atoms with Crippen LogP contribution >= 0.6 is 0 Å². The molecule has 0 radical (unpaired) electrons. The summed E-state index contributed by atoms with van der Waals surface area (Å²) in [6.07, 6.45) is 3.95. The molecule has 106 valence electrons. The summed E-state index contributed by atoms with van der Waals surface area (Å²) in [7, 11) is 0. The maximum Gasteiger partial charge on any atom is 0.170 e. The molecule has 3 nitrogen and oxygen atoms in total. The van der Waals surface area contributed by atoms with Crippen molar-refractivity contribution in [1.82, 2.24) is 10.3 Å². The molecule has 1 fully saturated rings. The van der Waals surface area contributed by atoms with Crippen molar-refractivity contribution in [2.75, 3.05) is 11.4 Å². The minimum atomic E-state index is -0.173. The number of halogens is 1. The summed E-state index contributed by atoms with van der Waals surface area (Å²) in [5.41, 5.74) is 0.676. The standard InChI is InChI=1S/C15H24FN3/c1-11-6-5-9-19(11)14-13(16)12(7-8-17-14)10-18-15(2,3)4/h7-8,11,18H,5-6,9-10H2,1-4H3. The van der Waals surface area contributed by atoms with Gasteiger partial charge in [-0.25, -0.2) is 9.37 Å². The SMILES string of the molecule is CC1CCCN1c1nccc(CNC(C)(C)C)c1F. The van der Waals surface area contributed by atoms with Crippen LogP contribution in [0, 0.1) is 5.82 Å². The van der Waals surface area contributed by atoms with Crippen molar-refractivity contribution in [3.05, 3.63) is 23.6 Å². The second-order valence-corrected chi connectivity index (χ2v) is 6.40. The van der Waals surface area contributed by atoms with Gasteiger partial charge in [0, 0.05) is 36.4 Å². The van der Waals surface area contributed by atoms with Crippen LogP contribution in [-0.4, -0.2) is 23.1 Å². The molecule has 0 amide bonds. The van der Waals surface area contributed by atoms with E-state index in [1.807, 2.05) is 0 Å². The third-order valence-electron chi connectivity index (χ3n) is 3.58. The first-order valence-electron chi connectivity index (χ1n) is 7.03. The van der Waals surface area contributed by atoms with Gasteiger partial charge in [0.2, 0.25) is 0 Å². The first kappa shape index (κ1) is 14.3. The molecular weight excluding hydrogens is 241 g/mol. The Morgan fingerprint density at radius 1 is 1.47 bits per heavy atom. The normalized spacial score (nSPS) is 20.1. The van der Waals surface area contributed by atoms with E-state index >= 15 is 0 Å².